The minimum absolute atomic E-state index is 0.0105. The second-order valence-corrected chi connectivity index (χ2v) is 18.1. The molecule has 340 valence electrons. The van der Waals surface area contributed by atoms with E-state index in [4.69, 9.17) is 28.9 Å². The number of allylic oxidation sites excluding steroid dienone is 5. The van der Waals surface area contributed by atoms with Crippen molar-refractivity contribution in [1.82, 2.24) is 40.4 Å². The third kappa shape index (κ3) is 8.42. The molecular formula is C49H56N8O8. The normalized spacial score (nSPS) is 22.8. The zero-order valence-corrected chi connectivity index (χ0v) is 37.6. The van der Waals surface area contributed by atoms with Gasteiger partial charge in [0, 0.05) is 44.0 Å². The number of imidazole rings is 2. The molecule has 16 nitrogen and oxygen atoms in total. The summed E-state index contributed by atoms with van der Waals surface area (Å²) >= 11 is 0. The number of nitrogens with one attached hydrogen (secondary N) is 4. The van der Waals surface area contributed by atoms with Crippen molar-refractivity contribution in [2.24, 2.45) is 17.8 Å². The molecule has 4 aromatic rings. The minimum Gasteiger partial charge on any atom is -0.493 e. The van der Waals surface area contributed by atoms with Gasteiger partial charge in [0.2, 0.25) is 5.91 Å². The number of carbonyl (C=O) groups is 4. The lowest BCUT2D eigenvalue weighted by Crippen LogP contribution is -2.51. The van der Waals surface area contributed by atoms with Crippen molar-refractivity contribution in [3.05, 3.63) is 118 Å². The van der Waals surface area contributed by atoms with Crippen LogP contribution in [0.3, 0.4) is 0 Å². The van der Waals surface area contributed by atoms with E-state index in [1.54, 1.807) is 18.2 Å². The zero-order chi connectivity index (χ0) is 45.5. The van der Waals surface area contributed by atoms with Gasteiger partial charge >= 0.3 is 12.2 Å². The Morgan fingerprint density at radius 3 is 2.40 bits per heavy atom. The van der Waals surface area contributed by atoms with E-state index in [0.29, 0.717) is 50.5 Å². The first-order valence-electron chi connectivity index (χ1n) is 22.3. The molecule has 0 saturated carbocycles. The number of nitrogens with zero attached hydrogens (tertiary/aromatic N) is 4. The van der Waals surface area contributed by atoms with E-state index in [0.717, 1.165) is 62.9 Å². The number of likely N-dealkylation sites (tertiary alicyclic amines) is 2. The van der Waals surface area contributed by atoms with Crippen molar-refractivity contribution in [3.63, 3.8) is 0 Å². The van der Waals surface area contributed by atoms with Gasteiger partial charge in [-0.05, 0) is 70.7 Å². The Balaban J connectivity index is 0.932. The lowest BCUT2D eigenvalue weighted by atomic mass is 9.78. The van der Waals surface area contributed by atoms with Gasteiger partial charge in [0.15, 0.2) is 0 Å². The summed E-state index contributed by atoms with van der Waals surface area (Å²) in [5.74, 6) is 2.14. The zero-order valence-electron chi connectivity index (χ0n) is 37.6. The quantitative estimate of drug-likeness (QED) is 0.121. The van der Waals surface area contributed by atoms with Crippen LogP contribution in [0.15, 0.2) is 78.2 Å². The molecule has 16 heteroatoms. The molecule has 2 fully saturated rings. The molecule has 4 N–H and O–H groups in total. The number of aromatic nitrogens is 4. The average Bonchev–Trinajstić information content (AvgIpc) is 4.15. The number of benzene rings is 2. The molecule has 9 rings (SSSR count). The van der Waals surface area contributed by atoms with Crippen molar-refractivity contribution >= 4 is 35.6 Å². The number of ether oxygens (including phenoxy) is 4. The highest BCUT2D eigenvalue weighted by molar-refractivity contribution is 5.88. The summed E-state index contributed by atoms with van der Waals surface area (Å²) in [6.45, 7) is 7.85. The summed E-state index contributed by atoms with van der Waals surface area (Å²) in [5, 5.41) is 5.48. The minimum atomic E-state index is -0.944. The summed E-state index contributed by atoms with van der Waals surface area (Å²) < 4.78 is 21.8. The maximum absolute atomic E-state index is 14.3. The molecule has 2 aromatic heterocycles. The van der Waals surface area contributed by atoms with Crippen LogP contribution in [0.2, 0.25) is 0 Å². The number of hydrogen-bond acceptors (Lipinski definition) is 10. The second kappa shape index (κ2) is 18.1. The molecule has 1 unspecified atom stereocenters. The van der Waals surface area contributed by atoms with Crippen LogP contribution in [0.1, 0.15) is 104 Å². The standard InChI is InChI=1S/C49H56N8O8/c1-26(2)41(54-48(60)63-5)46(58)56-22-27(3)16-38(56)45-51-36-15-13-30-19-35-33-14-12-31(18-32(33)25-65-40(35)20-34(30)43(36)53-45)37-21-50-44(52-37)39-17-28(24-62-4)23-57(39)47(59)42(55-49(61)64-6)29-10-8-7-9-11-29/h7-15,18-19,21,26-28,34,38-39,41-42H,16-17,20,22-25H2,1-6H3,(H,50,52)(H,51,53)(H,54,60)(H,55,61)/t27-,28-,34?,38-,39-,41-,42+/m0/s1. The van der Waals surface area contributed by atoms with E-state index >= 15 is 0 Å². The highest BCUT2D eigenvalue weighted by Crippen LogP contribution is 2.48. The Kier molecular flexibility index (Phi) is 12.1. The molecule has 0 bridgehead atoms. The van der Waals surface area contributed by atoms with Gasteiger partial charge in [-0.3, -0.25) is 9.59 Å². The fourth-order valence-electron chi connectivity index (χ4n) is 10.1. The predicted octanol–water partition coefficient (Wildman–Crippen LogP) is 7.11. The van der Waals surface area contributed by atoms with E-state index in [1.165, 1.54) is 14.2 Å². The van der Waals surface area contributed by atoms with E-state index < -0.39 is 24.3 Å². The molecule has 3 aliphatic heterocycles. The summed E-state index contributed by atoms with van der Waals surface area (Å²) in [4.78, 5) is 73.6. The second-order valence-electron chi connectivity index (χ2n) is 18.1. The lowest BCUT2D eigenvalue weighted by Gasteiger charge is -2.32. The SMILES string of the molecule is COC[C@H]1C[C@@H](c2ncc(-c3ccc4c(c3)COC3=C4C=C4C=Cc5nc([C@@H]6C[C@H](C)CN6C(=O)[C@@H](NC(=O)OC)C(C)C)[nH]c5C4C3)[nH]2)N(C(=O)[C@H](NC(=O)OC)c2ccccc2)C1. The average molecular weight is 885 g/mol. The Morgan fingerprint density at radius 1 is 0.892 bits per heavy atom. The first-order chi connectivity index (χ1) is 31.4. The van der Waals surface area contributed by atoms with Gasteiger partial charge in [0.1, 0.15) is 36.1 Å². The highest BCUT2D eigenvalue weighted by atomic mass is 16.5. The van der Waals surface area contributed by atoms with E-state index in [1.807, 2.05) is 55.2 Å². The summed E-state index contributed by atoms with van der Waals surface area (Å²) in [6.07, 6.45) is 8.93. The molecule has 2 aliphatic carbocycles. The lowest BCUT2D eigenvalue weighted by molar-refractivity contribution is -0.136. The molecule has 5 heterocycles. The number of methoxy groups -OCH3 is 3. The fraction of sp³-hybridized carbons (Fsp3) is 0.429. The van der Waals surface area contributed by atoms with Gasteiger partial charge in [-0.25, -0.2) is 19.6 Å². The Hall–Kier alpha value is -6.68. The third-order valence-corrected chi connectivity index (χ3v) is 13.4. The van der Waals surface area contributed by atoms with Gasteiger partial charge in [0.25, 0.3) is 5.91 Å². The molecule has 65 heavy (non-hydrogen) atoms. The van der Waals surface area contributed by atoms with E-state index in [2.05, 4.69) is 57.9 Å². The Labute approximate surface area is 377 Å². The van der Waals surface area contributed by atoms with Crippen molar-refractivity contribution in [2.45, 2.75) is 76.7 Å². The molecule has 0 spiro atoms. The Bertz CT molecular complexity index is 2580. The van der Waals surface area contributed by atoms with Gasteiger partial charge in [-0.1, -0.05) is 69.3 Å². The molecule has 2 saturated heterocycles. The Morgan fingerprint density at radius 2 is 1.65 bits per heavy atom. The molecule has 2 aromatic carbocycles. The summed E-state index contributed by atoms with van der Waals surface area (Å²) in [6, 6.07) is 13.2. The summed E-state index contributed by atoms with van der Waals surface area (Å²) in [5.41, 5.74) is 8.64. The number of H-pyrrole nitrogens is 2. The predicted molar refractivity (Wildman–Crippen MR) is 240 cm³/mol. The van der Waals surface area contributed by atoms with Crippen LogP contribution in [0.4, 0.5) is 9.59 Å². The number of rotatable bonds is 11. The molecule has 7 atom stereocenters. The molecular weight excluding hydrogens is 829 g/mol. The molecule has 5 aliphatic rings. The van der Waals surface area contributed by atoms with Crippen LogP contribution < -0.4 is 10.6 Å². The number of aromatic amines is 2. The van der Waals surface area contributed by atoms with Crippen molar-refractivity contribution in [1.29, 1.82) is 0 Å². The van der Waals surface area contributed by atoms with Gasteiger partial charge in [-0.15, -0.1) is 0 Å². The monoisotopic (exact) mass is 884 g/mol. The first-order valence-corrected chi connectivity index (χ1v) is 22.3. The van der Waals surface area contributed by atoms with Crippen molar-refractivity contribution < 1.29 is 38.1 Å². The van der Waals surface area contributed by atoms with Crippen LogP contribution in [0.5, 0.6) is 0 Å². The number of hydrogen-bond donors (Lipinski definition) is 4. The fourth-order valence-corrected chi connectivity index (χ4v) is 10.1. The van der Waals surface area contributed by atoms with Crippen LogP contribution in [-0.2, 0) is 35.1 Å². The maximum atomic E-state index is 14.3. The molecule has 4 amide bonds. The topological polar surface area (TPSA) is 193 Å². The van der Waals surface area contributed by atoms with E-state index in [9.17, 15) is 19.2 Å². The number of alkyl carbamates (subject to hydrolysis) is 2. The summed E-state index contributed by atoms with van der Waals surface area (Å²) in [7, 11) is 4.23. The van der Waals surface area contributed by atoms with Gasteiger partial charge in [0.05, 0.1) is 56.2 Å². The van der Waals surface area contributed by atoms with Crippen LogP contribution in [-0.4, -0.2) is 101 Å². The third-order valence-electron chi connectivity index (χ3n) is 13.4. The first kappa shape index (κ1) is 43.6. The van der Waals surface area contributed by atoms with E-state index in [-0.39, 0.29) is 47.6 Å². The van der Waals surface area contributed by atoms with Gasteiger partial charge < -0.3 is 49.3 Å². The van der Waals surface area contributed by atoms with Gasteiger partial charge in [-0.2, -0.15) is 0 Å². The highest BCUT2D eigenvalue weighted by Gasteiger charge is 2.43. The van der Waals surface area contributed by atoms with Crippen molar-refractivity contribution in [3.8, 4) is 11.3 Å². The maximum Gasteiger partial charge on any atom is 0.407 e. The van der Waals surface area contributed by atoms with Crippen LogP contribution >= 0.6 is 0 Å². The largest absolute Gasteiger partial charge is 0.493 e. The molecule has 0 radical (unpaired) electrons. The van der Waals surface area contributed by atoms with Crippen LogP contribution in [0, 0.1) is 17.8 Å². The van der Waals surface area contributed by atoms with Crippen LogP contribution in [0.25, 0.3) is 22.9 Å². The van der Waals surface area contributed by atoms with Crippen molar-refractivity contribution in [2.75, 3.05) is 41.0 Å². The smallest absolute Gasteiger partial charge is 0.407 e. The number of fused-ring (bicyclic) bond motifs is 5. The number of amides is 4. The number of carbonyl (C=O) groups excluding carboxylic acids is 4.